The number of nitro groups is 1. The van der Waals surface area contributed by atoms with Crippen LogP contribution in [0.25, 0.3) is 0 Å². The number of rotatable bonds is 3. The predicted molar refractivity (Wildman–Crippen MR) is 66.6 cm³/mol. The molecule has 1 aromatic heterocycles. The fraction of sp³-hybridized carbons (Fsp3) is 0.0833. The normalized spacial score (nSPS) is 10.1. The summed E-state index contributed by atoms with van der Waals surface area (Å²) in [5.41, 5.74) is 6.64. The number of ether oxygens (including phenoxy) is 1. The zero-order valence-electron chi connectivity index (χ0n) is 9.66. The standard InChI is InChI=1S/C12H11N3O3/c1-8-3-2-4-10(15(16)17)12(8)18-11-7-9(13)5-6-14-11/h2-7H,1H3,(H2,13,14). The number of benzene rings is 1. The quantitative estimate of drug-likeness (QED) is 0.663. The van der Waals surface area contributed by atoms with Crippen molar-refractivity contribution in [1.82, 2.24) is 4.98 Å². The highest BCUT2D eigenvalue weighted by Gasteiger charge is 2.18. The van der Waals surface area contributed by atoms with Gasteiger partial charge in [0, 0.05) is 24.0 Å². The highest BCUT2D eigenvalue weighted by molar-refractivity contribution is 5.53. The molecule has 0 atom stereocenters. The lowest BCUT2D eigenvalue weighted by molar-refractivity contribution is -0.385. The Hall–Kier alpha value is -2.63. The van der Waals surface area contributed by atoms with Crippen LogP contribution in [-0.2, 0) is 0 Å². The zero-order valence-corrected chi connectivity index (χ0v) is 9.66. The topological polar surface area (TPSA) is 91.3 Å². The molecule has 1 aromatic carbocycles. The van der Waals surface area contributed by atoms with Crippen molar-refractivity contribution < 1.29 is 9.66 Å². The van der Waals surface area contributed by atoms with E-state index in [1.54, 1.807) is 25.1 Å². The maximum absolute atomic E-state index is 10.9. The van der Waals surface area contributed by atoms with E-state index >= 15 is 0 Å². The minimum atomic E-state index is -0.491. The predicted octanol–water partition coefficient (Wildman–Crippen LogP) is 2.67. The van der Waals surface area contributed by atoms with Crippen molar-refractivity contribution in [3.63, 3.8) is 0 Å². The van der Waals surface area contributed by atoms with Gasteiger partial charge in [-0.1, -0.05) is 12.1 Å². The number of aryl methyl sites for hydroxylation is 1. The third-order valence-corrected chi connectivity index (χ3v) is 2.35. The molecule has 0 radical (unpaired) electrons. The first kappa shape index (κ1) is 11.8. The summed E-state index contributed by atoms with van der Waals surface area (Å²) in [5.74, 6) is 0.410. The van der Waals surface area contributed by atoms with Crippen molar-refractivity contribution >= 4 is 11.4 Å². The molecule has 18 heavy (non-hydrogen) atoms. The molecular formula is C12H11N3O3. The summed E-state index contributed by atoms with van der Waals surface area (Å²) < 4.78 is 5.45. The molecule has 2 rings (SSSR count). The lowest BCUT2D eigenvalue weighted by Gasteiger charge is -2.08. The minimum Gasteiger partial charge on any atom is -0.431 e. The molecule has 0 saturated carbocycles. The molecule has 0 aliphatic carbocycles. The average molecular weight is 245 g/mol. The van der Waals surface area contributed by atoms with Crippen LogP contribution in [0.15, 0.2) is 36.5 Å². The third kappa shape index (κ3) is 2.37. The van der Waals surface area contributed by atoms with E-state index < -0.39 is 4.92 Å². The van der Waals surface area contributed by atoms with E-state index in [1.165, 1.54) is 18.3 Å². The zero-order chi connectivity index (χ0) is 13.1. The third-order valence-electron chi connectivity index (χ3n) is 2.35. The monoisotopic (exact) mass is 245 g/mol. The number of nitrogens with zero attached hydrogens (tertiary/aromatic N) is 2. The van der Waals surface area contributed by atoms with Gasteiger partial charge in [-0.15, -0.1) is 0 Å². The molecule has 0 amide bonds. The molecule has 6 nitrogen and oxygen atoms in total. The number of nitrogens with two attached hydrogens (primary N) is 1. The van der Waals surface area contributed by atoms with Gasteiger partial charge < -0.3 is 10.5 Å². The van der Waals surface area contributed by atoms with Gasteiger partial charge in [-0.25, -0.2) is 4.98 Å². The SMILES string of the molecule is Cc1cccc([N+](=O)[O-])c1Oc1cc(N)ccn1. The Morgan fingerprint density at radius 2 is 2.17 bits per heavy atom. The molecule has 2 aromatic rings. The number of aromatic nitrogens is 1. The van der Waals surface area contributed by atoms with Crippen LogP contribution in [0.2, 0.25) is 0 Å². The second-order valence-electron chi connectivity index (χ2n) is 3.71. The highest BCUT2D eigenvalue weighted by Crippen LogP contribution is 2.33. The van der Waals surface area contributed by atoms with E-state index in [1.807, 2.05) is 0 Å². The Morgan fingerprint density at radius 3 is 2.83 bits per heavy atom. The van der Waals surface area contributed by atoms with Crippen LogP contribution >= 0.6 is 0 Å². The Balaban J connectivity index is 2.42. The highest BCUT2D eigenvalue weighted by atomic mass is 16.6. The van der Waals surface area contributed by atoms with Gasteiger partial charge in [-0.05, 0) is 18.6 Å². The molecule has 0 saturated heterocycles. The number of anilines is 1. The number of pyridine rings is 1. The van der Waals surface area contributed by atoms with E-state index in [-0.39, 0.29) is 17.3 Å². The van der Waals surface area contributed by atoms with Crippen molar-refractivity contribution in [3.8, 4) is 11.6 Å². The summed E-state index contributed by atoms with van der Waals surface area (Å²) in [6, 6.07) is 7.84. The smallest absolute Gasteiger partial charge is 0.311 e. The van der Waals surface area contributed by atoms with Crippen LogP contribution in [0.1, 0.15) is 5.56 Å². The Morgan fingerprint density at radius 1 is 1.39 bits per heavy atom. The maximum Gasteiger partial charge on any atom is 0.311 e. The van der Waals surface area contributed by atoms with Crippen LogP contribution in [0, 0.1) is 17.0 Å². The molecule has 92 valence electrons. The lowest BCUT2D eigenvalue weighted by atomic mass is 10.2. The molecular weight excluding hydrogens is 234 g/mol. The van der Waals surface area contributed by atoms with E-state index in [0.717, 1.165) is 0 Å². The van der Waals surface area contributed by atoms with Gasteiger partial charge in [-0.3, -0.25) is 10.1 Å². The maximum atomic E-state index is 10.9. The van der Waals surface area contributed by atoms with Crippen molar-refractivity contribution in [2.45, 2.75) is 6.92 Å². The summed E-state index contributed by atoms with van der Waals surface area (Å²) in [4.78, 5) is 14.4. The fourth-order valence-corrected chi connectivity index (χ4v) is 1.50. The van der Waals surface area contributed by atoms with Gasteiger partial charge >= 0.3 is 5.69 Å². The van der Waals surface area contributed by atoms with E-state index in [4.69, 9.17) is 10.5 Å². The van der Waals surface area contributed by atoms with Crippen molar-refractivity contribution in [2.24, 2.45) is 0 Å². The van der Waals surface area contributed by atoms with Crippen molar-refractivity contribution in [1.29, 1.82) is 0 Å². The van der Waals surface area contributed by atoms with Crippen LogP contribution in [0.3, 0.4) is 0 Å². The van der Waals surface area contributed by atoms with E-state index in [2.05, 4.69) is 4.98 Å². The average Bonchev–Trinajstić information content (AvgIpc) is 2.31. The van der Waals surface area contributed by atoms with E-state index in [9.17, 15) is 10.1 Å². The molecule has 0 spiro atoms. The molecule has 2 N–H and O–H groups in total. The van der Waals surface area contributed by atoms with Crippen LogP contribution in [0.4, 0.5) is 11.4 Å². The van der Waals surface area contributed by atoms with Gasteiger partial charge in [0.1, 0.15) is 0 Å². The molecule has 0 aliphatic rings. The van der Waals surface area contributed by atoms with Gasteiger partial charge in [0.2, 0.25) is 11.6 Å². The second kappa shape index (κ2) is 4.70. The van der Waals surface area contributed by atoms with Gasteiger partial charge in [-0.2, -0.15) is 0 Å². The minimum absolute atomic E-state index is 0.0979. The summed E-state index contributed by atoms with van der Waals surface area (Å²) in [7, 11) is 0. The number of nitrogen functional groups attached to an aromatic ring is 1. The first-order chi connectivity index (χ1) is 8.58. The molecule has 0 unspecified atom stereocenters. The van der Waals surface area contributed by atoms with E-state index in [0.29, 0.717) is 11.3 Å². The van der Waals surface area contributed by atoms with Gasteiger partial charge in [0.15, 0.2) is 0 Å². The van der Waals surface area contributed by atoms with Crippen LogP contribution < -0.4 is 10.5 Å². The number of hydrogen-bond acceptors (Lipinski definition) is 5. The number of nitro benzene ring substituents is 1. The summed E-state index contributed by atoms with van der Waals surface area (Å²) in [6.07, 6.45) is 1.48. The summed E-state index contributed by atoms with van der Waals surface area (Å²) in [6.45, 7) is 1.73. The molecule has 6 heteroatoms. The second-order valence-corrected chi connectivity index (χ2v) is 3.71. The molecule has 0 aliphatic heterocycles. The largest absolute Gasteiger partial charge is 0.431 e. The number of hydrogen-bond donors (Lipinski definition) is 1. The first-order valence-electron chi connectivity index (χ1n) is 5.21. The molecule has 0 bridgehead atoms. The van der Waals surface area contributed by atoms with Crippen molar-refractivity contribution in [2.75, 3.05) is 5.73 Å². The van der Waals surface area contributed by atoms with Crippen molar-refractivity contribution in [3.05, 3.63) is 52.2 Å². The first-order valence-corrected chi connectivity index (χ1v) is 5.21. The lowest BCUT2D eigenvalue weighted by Crippen LogP contribution is -1.97. The van der Waals surface area contributed by atoms with Crippen LogP contribution in [-0.4, -0.2) is 9.91 Å². The Labute approximate surface area is 103 Å². The van der Waals surface area contributed by atoms with Crippen LogP contribution in [0.5, 0.6) is 11.6 Å². The van der Waals surface area contributed by atoms with Gasteiger partial charge in [0.25, 0.3) is 0 Å². The molecule has 1 heterocycles. The summed E-state index contributed by atoms with van der Waals surface area (Å²) >= 11 is 0. The fourth-order valence-electron chi connectivity index (χ4n) is 1.50. The van der Waals surface area contributed by atoms with Gasteiger partial charge in [0.05, 0.1) is 4.92 Å². The summed E-state index contributed by atoms with van der Waals surface area (Å²) in [5, 5.41) is 10.9. The Kier molecular flexibility index (Phi) is 3.09. The number of para-hydroxylation sites is 1. The Bertz CT molecular complexity index is 599. The molecule has 0 fully saturated rings.